The first-order chi connectivity index (χ1) is 12.1. The minimum Gasteiger partial charge on any atom is -0.304 e. The van der Waals surface area contributed by atoms with Gasteiger partial charge in [0.1, 0.15) is 11.6 Å². The Morgan fingerprint density at radius 2 is 1.28 bits per heavy atom. The summed E-state index contributed by atoms with van der Waals surface area (Å²) >= 11 is 0. The van der Waals surface area contributed by atoms with Crippen molar-refractivity contribution in [2.24, 2.45) is 0 Å². The van der Waals surface area contributed by atoms with E-state index in [1.807, 2.05) is 24.3 Å². The van der Waals surface area contributed by atoms with Crippen LogP contribution in [0.15, 0.2) is 48.5 Å². The Morgan fingerprint density at radius 3 is 1.76 bits per heavy atom. The van der Waals surface area contributed by atoms with Gasteiger partial charge in [0, 0.05) is 32.1 Å². The highest BCUT2D eigenvalue weighted by atomic mass is 19.1. The maximum atomic E-state index is 13.3. The molecule has 0 amide bonds. The molecule has 1 saturated heterocycles. The first-order valence-electron chi connectivity index (χ1n) is 9.03. The zero-order valence-corrected chi connectivity index (χ0v) is 14.8. The fourth-order valence-electron chi connectivity index (χ4n) is 3.51. The number of piperazine rings is 1. The summed E-state index contributed by atoms with van der Waals surface area (Å²) in [5, 5.41) is 0. The monoisotopic (exact) mass is 344 g/mol. The van der Waals surface area contributed by atoms with Crippen LogP contribution in [-0.2, 0) is 0 Å². The summed E-state index contributed by atoms with van der Waals surface area (Å²) < 4.78 is 26.5. The Morgan fingerprint density at radius 1 is 0.800 bits per heavy atom. The highest BCUT2D eigenvalue weighted by Gasteiger charge is 2.17. The lowest BCUT2D eigenvalue weighted by Gasteiger charge is -2.32. The maximum absolute atomic E-state index is 13.3. The van der Waals surface area contributed by atoms with Crippen molar-refractivity contribution in [3.05, 3.63) is 71.3 Å². The lowest BCUT2D eigenvalue weighted by Crippen LogP contribution is -2.44. The van der Waals surface area contributed by atoms with Crippen molar-refractivity contribution in [1.82, 2.24) is 9.80 Å². The Kier molecular flexibility index (Phi) is 6.16. The molecule has 0 spiro atoms. The molecular formula is C21H26F2N2. The molecule has 2 nitrogen and oxygen atoms in total. The van der Waals surface area contributed by atoms with Crippen LogP contribution in [-0.4, -0.2) is 49.6 Å². The molecule has 0 aliphatic carbocycles. The summed E-state index contributed by atoms with van der Waals surface area (Å²) in [5.41, 5.74) is 2.18. The van der Waals surface area contributed by atoms with Gasteiger partial charge in [0.05, 0.1) is 0 Å². The van der Waals surface area contributed by atoms with Gasteiger partial charge >= 0.3 is 0 Å². The Balaban J connectivity index is 1.66. The molecule has 4 heteroatoms. The Labute approximate surface area is 149 Å². The van der Waals surface area contributed by atoms with Crippen LogP contribution in [0.3, 0.4) is 0 Å². The Bertz CT molecular complexity index is 601. The van der Waals surface area contributed by atoms with E-state index in [1.54, 1.807) is 0 Å². The van der Waals surface area contributed by atoms with Crippen LogP contribution in [0.5, 0.6) is 0 Å². The van der Waals surface area contributed by atoms with Crippen LogP contribution in [0, 0.1) is 11.6 Å². The van der Waals surface area contributed by atoms with E-state index in [0.717, 1.165) is 56.7 Å². The molecule has 0 radical (unpaired) electrons. The van der Waals surface area contributed by atoms with Crippen LogP contribution < -0.4 is 0 Å². The predicted octanol–water partition coefficient (Wildman–Crippen LogP) is 4.12. The van der Waals surface area contributed by atoms with Crippen LogP contribution in [0.4, 0.5) is 8.78 Å². The number of benzene rings is 2. The third kappa shape index (κ3) is 5.10. The molecule has 1 fully saturated rings. The SMILES string of the molecule is CN1CCN(CCCC(c2ccc(F)cc2)c2ccc(F)cc2)CC1. The van der Waals surface area contributed by atoms with Gasteiger partial charge in [-0.3, -0.25) is 0 Å². The fraction of sp³-hybridized carbons (Fsp3) is 0.429. The lowest BCUT2D eigenvalue weighted by molar-refractivity contribution is 0.152. The van der Waals surface area contributed by atoms with Gasteiger partial charge in [-0.15, -0.1) is 0 Å². The third-order valence-corrected chi connectivity index (χ3v) is 5.11. The van der Waals surface area contributed by atoms with Gasteiger partial charge in [-0.2, -0.15) is 0 Å². The van der Waals surface area contributed by atoms with Gasteiger partial charge < -0.3 is 9.80 Å². The van der Waals surface area contributed by atoms with Gasteiger partial charge in [0.25, 0.3) is 0 Å². The van der Waals surface area contributed by atoms with E-state index in [1.165, 1.54) is 24.3 Å². The van der Waals surface area contributed by atoms with E-state index in [0.29, 0.717) is 0 Å². The first-order valence-corrected chi connectivity index (χ1v) is 9.03. The van der Waals surface area contributed by atoms with Crippen LogP contribution >= 0.6 is 0 Å². The molecule has 0 aromatic heterocycles. The van der Waals surface area contributed by atoms with Crippen molar-refractivity contribution < 1.29 is 8.78 Å². The molecule has 1 aliphatic rings. The number of hydrogen-bond donors (Lipinski definition) is 0. The van der Waals surface area contributed by atoms with E-state index in [9.17, 15) is 8.78 Å². The van der Waals surface area contributed by atoms with Gasteiger partial charge in [0.15, 0.2) is 0 Å². The average Bonchev–Trinajstić information content (AvgIpc) is 2.62. The highest BCUT2D eigenvalue weighted by molar-refractivity contribution is 5.32. The molecule has 0 N–H and O–H groups in total. The summed E-state index contributed by atoms with van der Waals surface area (Å²) in [6.45, 7) is 5.56. The van der Waals surface area contributed by atoms with Gasteiger partial charge in [-0.1, -0.05) is 24.3 Å². The van der Waals surface area contributed by atoms with Crippen LogP contribution in [0.1, 0.15) is 29.9 Å². The van der Waals surface area contributed by atoms with Crippen molar-refractivity contribution in [2.45, 2.75) is 18.8 Å². The molecule has 134 valence electrons. The average molecular weight is 344 g/mol. The standard InChI is InChI=1S/C21H26F2N2/c1-24-13-15-25(16-14-24)12-2-3-21(17-4-8-19(22)9-5-17)18-6-10-20(23)11-7-18/h4-11,21H,2-3,12-16H2,1H3. The van der Waals surface area contributed by atoms with E-state index >= 15 is 0 Å². The topological polar surface area (TPSA) is 6.48 Å². The van der Waals surface area contributed by atoms with Gasteiger partial charge in [-0.25, -0.2) is 8.78 Å². The van der Waals surface area contributed by atoms with Crippen LogP contribution in [0.2, 0.25) is 0 Å². The molecule has 0 bridgehead atoms. The second-order valence-electron chi connectivity index (χ2n) is 6.94. The Hall–Kier alpha value is -1.78. The molecular weight excluding hydrogens is 318 g/mol. The number of hydrogen-bond acceptors (Lipinski definition) is 2. The largest absolute Gasteiger partial charge is 0.304 e. The quantitative estimate of drug-likeness (QED) is 0.778. The van der Waals surface area contributed by atoms with Gasteiger partial charge in [-0.05, 0) is 61.8 Å². The van der Waals surface area contributed by atoms with Crippen molar-refractivity contribution in [2.75, 3.05) is 39.8 Å². The smallest absolute Gasteiger partial charge is 0.123 e. The molecule has 0 saturated carbocycles. The van der Waals surface area contributed by atoms with Crippen molar-refractivity contribution in [3.8, 4) is 0 Å². The molecule has 0 atom stereocenters. The second-order valence-corrected chi connectivity index (χ2v) is 6.94. The number of nitrogens with zero attached hydrogens (tertiary/aromatic N) is 2. The third-order valence-electron chi connectivity index (χ3n) is 5.11. The van der Waals surface area contributed by atoms with Crippen LogP contribution in [0.25, 0.3) is 0 Å². The minimum atomic E-state index is -0.223. The molecule has 0 unspecified atom stereocenters. The van der Waals surface area contributed by atoms with E-state index in [4.69, 9.17) is 0 Å². The molecule has 1 heterocycles. The normalized spacial score (nSPS) is 16.5. The van der Waals surface area contributed by atoms with Crippen molar-refractivity contribution >= 4 is 0 Å². The fourth-order valence-corrected chi connectivity index (χ4v) is 3.51. The van der Waals surface area contributed by atoms with E-state index < -0.39 is 0 Å². The van der Waals surface area contributed by atoms with Crippen molar-refractivity contribution in [1.29, 1.82) is 0 Å². The number of likely N-dealkylation sites (N-methyl/N-ethyl adjacent to an activating group) is 1. The number of halogens is 2. The number of rotatable bonds is 6. The molecule has 25 heavy (non-hydrogen) atoms. The van der Waals surface area contributed by atoms with E-state index in [2.05, 4.69) is 16.8 Å². The first kappa shape index (κ1) is 18.0. The van der Waals surface area contributed by atoms with Gasteiger partial charge in [0.2, 0.25) is 0 Å². The summed E-state index contributed by atoms with van der Waals surface area (Å²) in [6.07, 6.45) is 2.05. The molecule has 2 aromatic rings. The second kappa shape index (κ2) is 8.54. The minimum absolute atomic E-state index is 0.175. The predicted molar refractivity (Wildman–Crippen MR) is 97.8 cm³/mol. The lowest BCUT2D eigenvalue weighted by atomic mass is 9.87. The summed E-state index contributed by atoms with van der Waals surface area (Å²) in [7, 11) is 2.16. The molecule has 1 aliphatic heterocycles. The molecule has 2 aromatic carbocycles. The zero-order chi connectivity index (χ0) is 17.6. The summed E-state index contributed by atoms with van der Waals surface area (Å²) in [4.78, 5) is 4.86. The summed E-state index contributed by atoms with van der Waals surface area (Å²) in [6, 6.07) is 13.4. The highest BCUT2D eigenvalue weighted by Crippen LogP contribution is 2.29. The molecule has 3 rings (SSSR count). The zero-order valence-electron chi connectivity index (χ0n) is 14.8. The maximum Gasteiger partial charge on any atom is 0.123 e. The summed E-state index contributed by atoms with van der Waals surface area (Å²) in [5.74, 6) is -0.272. The van der Waals surface area contributed by atoms with Crippen molar-refractivity contribution in [3.63, 3.8) is 0 Å². The van der Waals surface area contributed by atoms with E-state index in [-0.39, 0.29) is 17.6 Å².